The Morgan fingerprint density at radius 3 is 2.14 bits per heavy atom. The van der Waals surface area contributed by atoms with Crippen molar-refractivity contribution in [3.05, 3.63) is 0 Å². The molecule has 0 spiro atoms. The van der Waals surface area contributed by atoms with Crippen molar-refractivity contribution < 1.29 is 4.79 Å². The van der Waals surface area contributed by atoms with Crippen LogP contribution < -0.4 is 5.32 Å². The van der Waals surface area contributed by atoms with Crippen LogP contribution >= 0.6 is 11.6 Å². The zero-order chi connectivity index (χ0) is 15.3. The number of carbonyl (C=O) groups excluding carboxylic acids is 1. The number of amides is 1. The van der Waals surface area contributed by atoms with Gasteiger partial charge in [-0.1, -0.05) is 71.1 Å². The third kappa shape index (κ3) is 9.39. The fourth-order valence-electron chi connectivity index (χ4n) is 3.12. The van der Waals surface area contributed by atoms with Crippen LogP contribution in [-0.2, 0) is 4.79 Å². The van der Waals surface area contributed by atoms with E-state index >= 15 is 0 Å². The lowest BCUT2D eigenvalue weighted by Crippen LogP contribution is -2.42. The zero-order valence-corrected chi connectivity index (χ0v) is 14.6. The number of rotatable bonds is 11. The number of nitrogens with one attached hydrogen (secondary N) is 1. The van der Waals surface area contributed by atoms with Crippen molar-refractivity contribution in [2.45, 2.75) is 108 Å². The predicted octanol–water partition coefficient (Wildman–Crippen LogP) is 5.57. The van der Waals surface area contributed by atoms with Gasteiger partial charge in [0.15, 0.2) is 0 Å². The number of alkyl halides is 1. The van der Waals surface area contributed by atoms with Gasteiger partial charge in [-0.25, -0.2) is 0 Å². The van der Waals surface area contributed by atoms with E-state index in [4.69, 9.17) is 11.6 Å². The second-order valence-electron chi connectivity index (χ2n) is 6.55. The van der Waals surface area contributed by atoms with Crippen LogP contribution in [0.15, 0.2) is 0 Å². The molecule has 1 aliphatic rings. The van der Waals surface area contributed by atoms with Crippen LogP contribution in [0.25, 0.3) is 0 Å². The molecule has 3 heteroatoms. The topological polar surface area (TPSA) is 29.1 Å². The molecule has 0 aromatic carbocycles. The van der Waals surface area contributed by atoms with E-state index in [1.807, 2.05) is 0 Å². The average Bonchev–Trinajstić information content (AvgIpc) is 2.48. The van der Waals surface area contributed by atoms with E-state index in [0.29, 0.717) is 6.42 Å². The minimum atomic E-state index is 0.144. The van der Waals surface area contributed by atoms with Crippen LogP contribution in [0.5, 0.6) is 0 Å². The van der Waals surface area contributed by atoms with Crippen molar-refractivity contribution >= 4 is 17.5 Å². The Hall–Kier alpha value is -0.240. The van der Waals surface area contributed by atoms with Crippen molar-refractivity contribution in [3.63, 3.8) is 0 Å². The average molecular weight is 316 g/mol. The molecule has 0 saturated heterocycles. The van der Waals surface area contributed by atoms with Crippen LogP contribution in [-0.4, -0.2) is 17.3 Å². The fraction of sp³-hybridized carbons (Fsp3) is 0.944. The lowest BCUT2D eigenvalue weighted by Gasteiger charge is -2.27. The second-order valence-corrected chi connectivity index (χ2v) is 7.11. The summed E-state index contributed by atoms with van der Waals surface area (Å²) < 4.78 is 0. The first kappa shape index (κ1) is 18.8. The molecule has 1 rings (SSSR count). The first-order valence-electron chi connectivity index (χ1n) is 9.17. The van der Waals surface area contributed by atoms with Crippen LogP contribution in [0.1, 0.15) is 96.8 Å². The maximum Gasteiger partial charge on any atom is 0.220 e. The molecule has 0 aromatic heterocycles. The zero-order valence-electron chi connectivity index (χ0n) is 13.8. The molecule has 2 nitrogen and oxygen atoms in total. The molecule has 0 bridgehead atoms. The predicted molar refractivity (Wildman–Crippen MR) is 91.9 cm³/mol. The lowest BCUT2D eigenvalue weighted by molar-refractivity contribution is -0.122. The summed E-state index contributed by atoms with van der Waals surface area (Å²) in [5.74, 6) is 0.204. The van der Waals surface area contributed by atoms with Crippen molar-refractivity contribution in [2.24, 2.45) is 0 Å². The number of hydrogen-bond donors (Lipinski definition) is 1. The Kier molecular flexibility index (Phi) is 11.0. The molecule has 21 heavy (non-hydrogen) atoms. The summed E-state index contributed by atoms with van der Waals surface area (Å²) in [6.45, 7) is 2.25. The van der Waals surface area contributed by atoms with Crippen LogP contribution in [0.2, 0.25) is 0 Å². The number of hydrogen-bond acceptors (Lipinski definition) is 1. The molecule has 1 amide bonds. The highest BCUT2D eigenvalue weighted by Crippen LogP contribution is 2.23. The lowest BCUT2D eigenvalue weighted by atomic mass is 9.95. The maximum atomic E-state index is 11.9. The molecule has 1 N–H and O–H groups in total. The van der Waals surface area contributed by atoms with Gasteiger partial charge in [-0.05, 0) is 19.3 Å². The van der Waals surface area contributed by atoms with Crippen molar-refractivity contribution in [1.82, 2.24) is 5.32 Å². The number of unbranched alkanes of at least 4 members (excludes halogenated alkanes) is 8. The molecule has 0 heterocycles. The van der Waals surface area contributed by atoms with E-state index in [0.717, 1.165) is 19.3 Å². The van der Waals surface area contributed by atoms with Gasteiger partial charge in [0.25, 0.3) is 0 Å². The molecule has 2 unspecified atom stereocenters. The summed E-state index contributed by atoms with van der Waals surface area (Å²) in [6, 6.07) is 0.214. The quantitative estimate of drug-likeness (QED) is 0.392. The minimum Gasteiger partial charge on any atom is -0.352 e. The molecule has 0 aromatic rings. The Morgan fingerprint density at radius 2 is 1.52 bits per heavy atom. The van der Waals surface area contributed by atoms with Gasteiger partial charge in [-0.3, -0.25) is 4.79 Å². The number of carbonyl (C=O) groups is 1. The Balaban J connectivity index is 1.91. The van der Waals surface area contributed by atoms with Gasteiger partial charge < -0.3 is 5.32 Å². The van der Waals surface area contributed by atoms with Crippen LogP contribution in [0.4, 0.5) is 0 Å². The SMILES string of the molecule is CCCCCCCCCCCC(=O)NC1CCCCC1Cl. The van der Waals surface area contributed by atoms with Gasteiger partial charge in [0, 0.05) is 12.5 Å². The van der Waals surface area contributed by atoms with Gasteiger partial charge in [-0.15, -0.1) is 11.6 Å². The molecule has 1 saturated carbocycles. The Labute approximate surface area is 136 Å². The minimum absolute atomic E-state index is 0.144. The van der Waals surface area contributed by atoms with Crippen molar-refractivity contribution in [2.75, 3.05) is 0 Å². The highest BCUT2D eigenvalue weighted by Gasteiger charge is 2.24. The van der Waals surface area contributed by atoms with Crippen LogP contribution in [0.3, 0.4) is 0 Å². The molecule has 2 atom stereocenters. The van der Waals surface area contributed by atoms with Gasteiger partial charge in [0.2, 0.25) is 5.91 Å². The van der Waals surface area contributed by atoms with Gasteiger partial charge in [-0.2, -0.15) is 0 Å². The first-order chi connectivity index (χ1) is 10.2. The van der Waals surface area contributed by atoms with Crippen molar-refractivity contribution in [1.29, 1.82) is 0 Å². The van der Waals surface area contributed by atoms with E-state index in [2.05, 4.69) is 12.2 Å². The molecule has 1 fully saturated rings. The molecule has 0 radical (unpaired) electrons. The summed E-state index contributed by atoms with van der Waals surface area (Å²) >= 11 is 6.27. The highest BCUT2D eigenvalue weighted by atomic mass is 35.5. The standard InChI is InChI=1S/C18H34ClNO/c1-2-3-4-5-6-7-8-9-10-15-18(21)20-17-14-12-11-13-16(17)19/h16-17H,2-15H2,1H3,(H,20,21). The third-order valence-electron chi connectivity index (χ3n) is 4.54. The highest BCUT2D eigenvalue weighted by molar-refractivity contribution is 6.21. The summed E-state index contributed by atoms with van der Waals surface area (Å²) in [4.78, 5) is 11.9. The van der Waals surface area contributed by atoms with E-state index in [9.17, 15) is 4.79 Å². The van der Waals surface area contributed by atoms with E-state index in [-0.39, 0.29) is 17.3 Å². The van der Waals surface area contributed by atoms with E-state index < -0.39 is 0 Å². The molecule has 0 aliphatic heterocycles. The largest absolute Gasteiger partial charge is 0.352 e. The summed E-state index contributed by atoms with van der Waals surface area (Å²) in [6.07, 6.45) is 16.8. The second kappa shape index (κ2) is 12.3. The first-order valence-corrected chi connectivity index (χ1v) is 9.61. The van der Waals surface area contributed by atoms with Gasteiger partial charge in [0.1, 0.15) is 0 Å². The Morgan fingerprint density at radius 1 is 0.952 bits per heavy atom. The molecule has 1 aliphatic carbocycles. The fourth-order valence-corrected chi connectivity index (χ4v) is 3.47. The monoisotopic (exact) mass is 315 g/mol. The van der Waals surface area contributed by atoms with Gasteiger partial charge >= 0.3 is 0 Å². The maximum absolute atomic E-state index is 11.9. The van der Waals surface area contributed by atoms with E-state index in [1.165, 1.54) is 64.2 Å². The third-order valence-corrected chi connectivity index (χ3v) is 5.06. The molecule has 124 valence electrons. The molecular weight excluding hydrogens is 282 g/mol. The smallest absolute Gasteiger partial charge is 0.220 e. The van der Waals surface area contributed by atoms with Gasteiger partial charge in [0.05, 0.1) is 5.38 Å². The summed E-state index contributed by atoms with van der Waals surface area (Å²) in [5.41, 5.74) is 0. The van der Waals surface area contributed by atoms with Crippen molar-refractivity contribution in [3.8, 4) is 0 Å². The Bertz CT molecular complexity index is 270. The van der Waals surface area contributed by atoms with E-state index in [1.54, 1.807) is 0 Å². The molecular formula is C18H34ClNO. The van der Waals surface area contributed by atoms with Crippen LogP contribution in [0, 0.1) is 0 Å². The summed E-state index contributed by atoms with van der Waals surface area (Å²) in [7, 11) is 0. The normalized spacial score (nSPS) is 22.2. The summed E-state index contributed by atoms with van der Waals surface area (Å²) in [5, 5.41) is 3.27. The number of halogens is 1.